The fourth-order valence-corrected chi connectivity index (χ4v) is 4.59. The molecule has 1 unspecified atom stereocenters. The Bertz CT molecular complexity index is 759. The summed E-state index contributed by atoms with van der Waals surface area (Å²) in [5.41, 5.74) is 4.22. The molecule has 1 atom stereocenters. The average Bonchev–Trinajstić information content (AvgIpc) is 2.70. The second-order valence-corrected chi connectivity index (χ2v) is 8.77. The number of aryl methyl sites for hydroxylation is 2. The van der Waals surface area contributed by atoms with Crippen LogP contribution in [0.1, 0.15) is 61.8 Å². The molecule has 1 aliphatic rings. The Balaban J connectivity index is 1.46. The number of carbonyl (C=O) groups excluding carboxylic acids is 1. The number of nitrogens with one attached hydrogen (secondary N) is 1. The molecule has 0 saturated carbocycles. The van der Waals surface area contributed by atoms with Crippen LogP contribution in [-0.4, -0.2) is 11.7 Å². The second kappa shape index (κ2) is 10.2. The molecule has 0 radical (unpaired) electrons. The molecular weight excluding hydrogens is 374 g/mol. The highest BCUT2D eigenvalue weighted by molar-refractivity contribution is 7.99. The zero-order valence-corrected chi connectivity index (χ0v) is 17.5. The highest BCUT2D eigenvalue weighted by atomic mass is 35.5. The summed E-state index contributed by atoms with van der Waals surface area (Å²) in [5, 5.41) is 3.99. The van der Waals surface area contributed by atoms with E-state index in [1.165, 1.54) is 47.3 Å². The van der Waals surface area contributed by atoms with Gasteiger partial charge in [0.15, 0.2) is 0 Å². The van der Waals surface area contributed by atoms with E-state index in [-0.39, 0.29) is 11.9 Å². The number of amides is 1. The maximum atomic E-state index is 12.4. The number of carbonyl (C=O) groups is 1. The van der Waals surface area contributed by atoms with Gasteiger partial charge in [-0.05, 0) is 85.2 Å². The van der Waals surface area contributed by atoms with E-state index >= 15 is 0 Å². The third-order valence-corrected chi connectivity index (χ3v) is 6.50. The van der Waals surface area contributed by atoms with Crippen molar-refractivity contribution in [1.29, 1.82) is 0 Å². The number of rotatable bonds is 8. The standard InChI is InChI=1S/C23H28ClNOS/c1-2-22(19-10-9-17-6-3-4-7-18(17)16-19)25-23(26)8-5-15-27-21-13-11-20(24)12-14-21/h9-14,16,22H,2-8,15H2,1H3,(H,25,26). The fourth-order valence-electron chi connectivity index (χ4n) is 3.61. The van der Waals surface area contributed by atoms with Crippen LogP contribution < -0.4 is 5.32 Å². The van der Waals surface area contributed by atoms with Crippen LogP contribution in [0.5, 0.6) is 0 Å². The third-order valence-electron chi connectivity index (χ3n) is 5.15. The minimum Gasteiger partial charge on any atom is -0.349 e. The number of thioether (sulfide) groups is 1. The summed E-state index contributed by atoms with van der Waals surface area (Å²) in [6.07, 6.45) is 7.32. The Morgan fingerprint density at radius 1 is 1.11 bits per heavy atom. The molecule has 0 aromatic heterocycles. The number of hydrogen-bond donors (Lipinski definition) is 1. The second-order valence-electron chi connectivity index (χ2n) is 7.17. The topological polar surface area (TPSA) is 29.1 Å². The Morgan fingerprint density at radius 2 is 1.85 bits per heavy atom. The van der Waals surface area contributed by atoms with E-state index in [1.54, 1.807) is 11.8 Å². The maximum absolute atomic E-state index is 12.4. The number of halogens is 1. The molecule has 0 fully saturated rings. The van der Waals surface area contributed by atoms with E-state index in [0.717, 1.165) is 23.6 Å². The van der Waals surface area contributed by atoms with Gasteiger partial charge in [-0.3, -0.25) is 4.79 Å². The van der Waals surface area contributed by atoms with Gasteiger partial charge in [0.05, 0.1) is 6.04 Å². The highest BCUT2D eigenvalue weighted by Gasteiger charge is 2.16. The first-order valence-corrected chi connectivity index (χ1v) is 11.3. The van der Waals surface area contributed by atoms with Crippen LogP contribution in [-0.2, 0) is 17.6 Å². The summed E-state index contributed by atoms with van der Waals surface area (Å²) in [7, 11) is 0. The lowest BCUT2D eigenvalue weighted by molar-refractivity contribution is -0.121. The minimum atomic E-state index is 0.119. The van der Waals surface area contributed by atoms with Crippen molar-refractivity contribution in [3.05, 3.63) is 64.2 Å². The van der Waals surface area contributed by atoms with Crippen molar-refractivity contribution in [2.24, 2.45) is 0 Å². The molecule has 3 rings (SSSR count). The van der Waals surface area contributed by atoms with Crippen molar-refractivity contribution < 1.29 is 4.79 Å². The van der Waals surface area contributed by atoms with Gasteiger partial charge in [-0.25, -0.2) is 0 Å². The van der Waals surface area contributed by atoms with Gasteiger partial charge in [0.2, 0.25) is 5.91 Å². The first-order chi connectivity index (χ1) is 13.2. The fraction of sp³-hybridized carbons (Fsp3) is 0.435. The Morgan fingerprint density at radius 3 is 2.59 bits per heavy atom. The molecule has 1 amide bonds. The molecule has 1 aliphatic carbocycles. The lowest BCUT2D eigenvalue weighted by Crippen LogP contribution is -2.28. The van der Waals surface area contributed by atoms with Crippen LogP contribution in [0.25, 0.3) is 0 Å². The van der Waals surface area contributed by atoms with Crippen LogP contribution in [0.3, 0.4) is 0 Å². The Labute approximate surface area is 172 Å². The molecule has 0 heterocycles. The summed E-state index contributed by atoms with van der Waals surface area (Å²) in [6, 6.07) is 14.8. The van der Waals surface area contributed by atoms with Crippen molar-refractivity contribution in [2.45, 2.75) is 62.8 Å². The molecule has 1 N–H and O–H groups in total. The van der Waals surface area contributed by atoms with E-state index in [4.69, 9.17) is 11.6 Å². The van der Waals surface area contributed by atoms with E-state index in [0.29, 0.717) is 6.42 Å². The van der Waals surface area contributed by atoms with E-state index in [9.17, 15) is 4.79 Å². The summed E-state index contributed by atoms with van der Waals surface area (Å²) in [5.74, 6) is 1.08. The number of fused-ring (bicyclic) bond motifs is 1. The molecule has 0 bridgehead atoms. The molecule has 2 aromatic rings. The van der Waals surface area contributed by atoms with E-state index in [2.05, 4.69) is 30.4 Å². The van der Waals surface area contributed by atoms with Crippen LogP contribution in [0.2, 0.25) is 5.02 Å². The Hall–Kier alpha value is -1.45. The van der Waals surface area contributed by atoms with Crippen LogP contribution in [0, 0.1) is 0 Å². The van der Waals surface area contributed by atoms with Gasteiger partial charge in [-0.2, -0.15) is 0 Å². The van der Waals surface area contributed by atoms with Crippen molar-refractivity contribution in [3.63, 3.8) is 0 Å². The molecule has 0 saturated heterocycles. The van der Waals surface area contributed by atoms with Gasteiger partial charge < -0.3 is 5.32 Å². The van der Waals surface area contributed by atoms with Gasteiger partial charge in [-0.1, -0.05) is 36.7 Å². The molecule has 144 valence electrons. The van der Waals surface area contributed by atoms with Crippen molar-refractivity contribution >= 4 is 29.3 Å². The molecule has 4 heteroatoms. The maximum Gasteiger partial charge on any atom is 0.220 e. The van der Waals surface area contributed by atoms with E-state index < -0.39 is 0 Å². The summed E-state index contributed by atoms with van der Waals surface area (Å²) in [6.45, 7) is 2.14. The van der Waals surface area contributed by atoms with Crippen LogP contribution >= 0.6 is 23.4 Å². The Kier molecular flexibility index (Phi) is 7.66. The lowest BCUT2D eigenvalue weighted by atomic mass is 9.89. The van der Waals surface area contributed by atoms with Crippen molar-refractivity contribution in [3.8, 4) is 0 Å². The normalized spacial score (nSPS) is 14.4. The predicted octanol–water partition coefficient (Wildman–Crippen LogP) is 6.36. The van der Waals surface area contributed by atoms with Gasteiger partial charge in [0.25, 0.3) is 0 Å². The first-order valence-electron chi connectivity index (χ1n) is 9.95. The van der Waals surface area contributed by atoms with Gasteiger partial charge in [-0.15, -0.1) is 11.8 Å². The van der Waals surface area contributed by atoms with Crippen molar-refractivity contribution in [1.82, 2.24) is 5.32 Å². The average molecular weight is 402 g/mol. The molecule has 2 nitrogen and oxygen atoms in total. The molecule has 0 spiro atoms. The van der Waals surface area contributed by atoms with Gasteiger partial charge in [0.1, 0.15) is 0 Å². The largest absolute Gasteiger partial charge is 0.349 e. The highest BCUT2D eigenvalue weighted by Crippen LogP contribution is 2.26. The molecular formula is C23H28ClNOS. The summed E-state index contributed by atoms with van der Waals surface area (Å²) in [4.78, 5) is 13.6. The summed E-state index contributed by atoms with van der Waals surface area (Å²) < 4.78 is 0. The minimum absolute atomic E-state index is 0.119. The van der Waals surface area contributed by atoms with E-state index in [1.807, 2.05) is 24.3 Å². The smallest absolute Gasteiger partial charge is 0.220 e. The molecule has 2 aromatic carbocycles. The van der Waals surface area contributed by atoms with Gasteiger partial charge in [0, 0.05) is 16.3 Å². The van der Waals surface area contributed by atoms with Gasteiger partial charge >= 0.3 is 0 Å². The van der Waals surface area contributed by atoms with Crippen LogP contribution in [0.15, 0.2) is 47.4 Å². The summed E-state index contributed by atoms with van der Waals surface area (Å²) >= 11 is 7.67. The monoisotopic (exact) mass is 401 g/mol. The number of benzene rings is 2. The quantitative estimate of drug-likeness (QED) is 0.412. The molecule has 0 aliphatic heterocycles. The van der Waals surface area contributed by atoms with Crippen molar-refractivity contribution in [2.75, 3.05) is 5.75 Å². The first kappa shape index (κ1) is 20.3. The lowest BCUT2D eigenvalue weighted by Gasteiger charge is -2.21. The third kappa shape index (κ3) is 6.02. The predicted molar refractivity (Wildman–Crippen MR) is 116 cm³/mol. The zero-order valence-electron chi connectivity index (χ0n) is 16.0. The SMILES string of the molecule is CCC(NC(=O)CCCSc1ccc(Cl)cc1)c1ccc2c(c1)CCCC2. The zero-order chi connectivity index (χ0) is 19.1. The molecule has 27 heavy (non-hydrogen) atoms. The number of hydrogen-bond acceptors (Lipinski definition) is 2. The van der Waals surface area contributed by atoms with Crippen LogP contribution in [0.4, 0.5) is 0 Å².